The highest BCUT2D eigenvalue weighted by Crippen LogP contribution is 2.67. The number of hydrogen-bond acceptors (Lipinski definition) is 18. The molecule has 0 saturated heterocycles. The summed E-state index contributed by atoms with van der Waals surface area (Å²) in [6.45, 7) is -1.92. The third-order valence-corrected chi connectivity index (χ3v) is 20.3. The second kappa shape index (κ2) is 24.1. The molecule has 0 spiro atoms. The fourth-order valence-corrected chi connectivity index (χ4v) is 16.5. The average Bonchev–Trinajstić information content (AvgIpc) is 1.49. The Morgan fingerprint density at radius 3 is 1.40 bits per heavy atom. The lowest BCUT2D eigenvalue weighted by atomic mass is 9.77. The van der Waals surface area contributed by atoms with E-state index < -0.39 is 124 Å². The molecule has 14 nitrogen and oxygen atoms in total. The molecule has 0 atom stereocenters. The van der Waals surface area contributed by atoms with Gasteiger partial charge in [0.1, 0.15) is 61.9 Å². The van der Waals surface area contributed by atoms with E-state index in [2.05, 4.69) is 0 Å². The van der Waals surface area contributed by atoms with E-state index in [1.165, 1.54) is 6.08 Å². The number of halogens is 4. The Balaban J connectivity index is 1.11. The van der Waals surface area contributed by atoms with Gasteiger partial charge in [0.15, 0.2) is 29.1 Å². The van der Waals surface area contributed by atoms with Crippen LogP contribution in [0.4, 0.5) is 17.6 Å². The van der Waals surface area contributed by atoms with Crippen molar-refractivity contribution in [3.63, 3.8) is 0 Å². The standard InChI is InChI=1S/C71H35F4N5O9S4/c72-49-23-43-45(25-51(49)74)60(81)47(55(43)40(28-76)29-77)21-42-22-53-62(91-42)65-64(92-53)58-63(93-65)57-48(70(58,66(82)86-32-36-13-5-1-6-14-36)67(83)87-33-37-15-7-2-8-16-37)27-54(80-59-56(41(30-78)31-79)44-24-50(73)52(75)26-46(44)61(59)90)71(57,68(84)88-34-38-17-9-3-10-18-38)69(85)89-35-39-19-11-4-12-20-39/h1-27H,32-35H2/b47-21+,80-59-. The number of thiocarbonyl (C=S) groups is 1. The molecule has 450 valence electrons. The van der Waals surface area contributed by atoms with Crippen LogP contribution in [0.25, 0.3) is 41.6 Å². The monoisotopic (exact) mass is 1310 g/mol. The molecule has 3 aromatic heterocycles. The van der Waals surface area contributed by atoms with Gasteiger partial charge in [-0.15, -0.1) is 34.0 Å². The first kappa shape index (κ1) is 60.5. The lowest BCUT2D eigenvalue weighted by molar-refractivity contribution is -0.167. The van der Waals surface area contributed by atoms with Crippen molar-refractivity contribution >= 4 is 128 Å². The first-order chi connectivity index (χ1) is 45.1. The number of thiophene rings is 3. The smallest absolute Gasteiger partial charge is 0.334 e. The van der Waals surface area contributed by atoms with Gasteiger partial charge >= 0.3 is 23.9 Å². The number of esters is 4. The van der Waals surface area contributed by atoms with E-state index >= 15 is 28.0 Å². The molecule has 0 bridgehead atoms. The van der Waals surface area contributed by atoms with Crippen molar-refractivity contribution in [2.45, 2.75) is 31.8 Å². The van der Waals surface area contributed by atoms with E-state index in [0.29, 0.717) is 53.4 Å². The normalized spacial score (nSPS) is 15.4. The molecular formula is C71H35F4N5O9S4. The summed E-state index contributed by atoms with van der Waals surface area (Å²) in [6, 6.07) is 45.1. The first-order valence-electron chi connectivity index (χ1n) is 27.9. The second-order valence-electron chi connectivity index (χ2n) is 21.2. The molecule has 6 aromatic carbocycles. The number of nitrogens with zero attached hydrogens (tertiary/aromatic N) is 5. The molecule has 0 N–H and O–H groups in total. The summed E-state index contributed by atoms with van der Waals surface area (Å²) in [5.41, 5.74) is -9.19. The van der Waals surface area contributed by atoms with E-state index in [1.54, 1.807) is 152 Å². The summed E-state index contributed by atoms with van der Waals surface area (Å²) < 4.78 is 86.9. The van der Waals surface area contributed by atoms with Gasteiger partial charge in [-0.3, -0.25) is 24.0 Å². The van der Waals surface area contributed by atoms with Gasteiger partial charge < -0.3 is 18.9 Å². The molecule has 0 unspecified atom stereocenters. The molecule has 13 rings (SSSR count). The average molecular weight is 1310 g/mol. The topological polar surface area (TPSA) is 230 Å². The minimum absolute atomic E-state index is 0.0649. The highest BCUT2D eigenvalue weighted by molar-refractivity contribution is 7.83. The van der Waals surface area contributed by atoms with Gasteiger partial charge in [-0.25, -0.2) is 22.6 Å². The molecule has 0 saturated carbocycles. The maximum absolute atomic E-state index is 16.4. The zero-order chi connectivity index (χ0) is 65.0. The van der Waals surface area contributed by atoms with Gasteiger partial charge in [0.2, 0.25) is 10.8 Å². The predicted molar refractivity (Wildman–Crippen MR) is 340 cm³/mol. The van der Waals surface area contributed by atoms with E-state index in [-0.39, 0.29) is 59.0 Å². The van der Waals surface area contributed by atoms with E-state index in [0.717, 1.165) is 52.2 Å². The Labute approximate surface area is 541 Å². The van der Waals surface area contributed by atoms with Gasteiger partial charge in [0, 0.05) is 53.4 Å². The fraction of sp³-hybridized carbons (Fsp3) is 0.0845. The van der Waals surface area contributed by atoms with Crippen LogP contribution in [0.3, 0.4) is 0 Å². The highest BCUT2D eigenvalue weighted by Gasteiger charge is 2.71. The van der Waals surface area contributed by atoms with Crippen LogP contribution in [0.2, 0.25) is 0 Å². The van der Waals surface area contributed by atoms with Gasteiger partial charge in [0.05, 0.1) is 30.4 Å². The number of fused-ring (bicyclic) bond motifs is 8. The summed E-state index contributed by atoms with van der Waals surface area (Å²) in [7, 11) is 0. The Morgan fingerprint density at radius 2 is 0.935 bits per heavy atom. The lowest BCUT2D eigenvalue weighted by Crippen LogP contribution is -2.46. The molecule has 4 aliphatic carbocycles. The molecule has 0 amide bonds. The molecule has 3 heterocycles. The summed E-state index contributed by atoms with van der Waals surface area (Å²) >= 11 is 8.97. The van der Waals surface area contributed by atoms with Crippen molar-refractivity contribution in [1.29, 1.82) is 21.0 Å². The summed E-state index contributed by atoms with van der Waals surface area (Å²) in [5.74, 6) is -11.5. The number of ketones is 1. The number of allylic oxidation sites excluding steroid dienone is 6. The Hall–Kier alpha value is -11.4. The largest absolute Gasteiger partial charge is 0.459 e. The molecule has 0 aliphatic heterocycles. The maximum atomic E-state index is 16.4. The number of benzene rings is 6. The molecule has 9 aromatic rings. The zero-order valence-corrected chi connectivity index (χ0v) is 50.7. The van der Waals surface area contributed by atoms with E-state index in [1.807, 2.05) is 0 Å². The SMILES string of the molecule is N#CC(C#N)=C1/C(=N/C2=CC3=C(c4sc5c(sc6cc(/C=C7/C(=O)c8cc(F)c(F)cc8C7=C(C#N)C#N)sc65)c4C3(C(=O)OCc3ccccc3)C(=O)OCc3ccccc3)C2(C(=O)OCc2ccccc2)C(=O)OCc2ccccc2)C(=S)c2cc(F)c(F)cc21. The zero-order valence-electron chi connectivity index (χ0n) is 47.5. The summed E-state index contributed by atoms with van der Waals surface area (Å²) in [4.78, 5) is 84.3. The lowest BCUT2D eigenvalue weighted by Gasteiger charge is -2.29. The van der Waals surface area contributed by atoms with Gasteiger partial charge in [-0.05, 0) is 81.4 Å². The Kier molecular flexibility index (Phi) is 15.7. The number of ether oxygens (including phenoxy) is 4. The maximum Gasteiger partial charge on any atom is 0.334 e. The third kappa shape index (κ3) is 9.88. The number of carbonyl (C=O) groups is 5. The quantitative estimate of drug-likeness (QED) is 0.0188. The van der Waals surface area contributed by atoms with Crippen LogP contribution in [0.1, 0.15) is 64.6 Å². The van der Waals surface area contributed by atoms with Crippen molar-refractivity contribution in [2.24, 2.45) is 10.4 Å². The number of aliphatic imine (C=N–C) groups is 1. The van der Waals surface area contributed by atoms with Gasteiger partial charge in [-0.1, -0.05) is 134 Å². The van der Waals surface area contributed by atoms with Crippen molar-refractivity contribution in [3.05, 3.63) is 269 Å². The Morgan fingerprint density at radius 1 is 0.516 bits per heavy atom. The van der Waals surface area contributed by atoms with Crippen LogP contribution in [-0.2, 0) is 70.0 Å². The number of carbonyl (C=O) groups excluding carboxylic acids is 5. The summed E-state index contributed by atoms with van der Waals surface area (Å²) in [5, 5.41) is 41.2. The van der Waals surface area contributed by atoms with Crippen molar-refractivity contribution in [1.82, 2.24) is 0 Å². The van der Waals surface area contributed by atoms with Crippen molar-refractivity contribution in [3.8, 4) is 24.3 Å². The van der Waals surface area contributed by atoms with Crippen LogP contribution in [0.5, 0.6) is 0 Å². The van der Waals surface area contributed by atoms with Gasteiger partial charge in [-0.2, -0.15) is 21.0 Å². The van der Waals surface area contributed by atoms with Crippen molar-refractivity contribution in [2.75, 3.05) is 0 Å². The van der Waals surface area contributed by atoms with Crippen LogP contribution in [0.15, 0.2) is 191 Å². The molecule has 4 aliphatic rings. The third-order valence-electron chi connectivity index (χ3n) is 16.0. The molecule has 0 radical (unpaired) electrons. The van der Waals surface area contributed by atoms with E-state index in [4.69, 9.17) is 36.2 Å². The molecular weight excluding hydrogens is 1270 g/mol. The highest BCUT2D eigenvalue weighted by atomic mass is 32.1. The van der Waals surface area contributed by atoms with Crippen LogP contribution in [-0.4, -0.2) is 40.2 Å². The van der Waals surface area contributed by atoms with Crippen LogP contribution in [0, 0.1) is 74.0 Å². The number of nitriles is 4. The summed E-state index contributed by atoms with van der Waals surface area (Å²) in [6.07, 6.45) is 2.49. The second-order valence-corrected chi connectivity index (χ2v) is 24.8. The Bertz CT molecular complexity index is 5070. The first-order valence-corrected chi connectivity index (χ1v) is 30.7. The number of hydrogen-bond donors (Lipinski definition) is 0. The minimum atomic E-state index is -3.07. The molecule has 93 heavy (non-hydrogen) atoms. The van der Waals surface area contributed by atoms with Crippen LogP contribution < -0.4 is 0 Å². The van der Waals surface area contributed by atoms with Crippen molar-refractivity contribution < 1.29 is 60.5 Å². The van der Waals surface area contributed by atoms with Crippen LogP contribution >= 0.6 is 46.2 Å². The molecule has 0 fully saturated rings. The number of Topliss-reactive ketones (excluding diaryl/α,β-unsaturated/α-hetero) is 1. The number of rotatable bonds is 14. The minimum Gasteiger partial charge on any atom is -0.459 e. The fourth-order valence-electron chi connectivity index (χ4n) is 11.8. The van der Waals surface area contributed by atoms with Gasteiger partial charge in [0.25, 0.3) is 0 Å². The van der Waals surface area contributed by atoms with E-state index in [9.17, 15) is 34.6 Å². The molecule has 22 heteroatoms. The predicted octanol–water partition coefficient (Wildman–Crippen LogP) is 14.4.